The number of carboxylic acids is 1. The highest BCUT2D eigenvalue weighted by Gasteiger charge is 2.30. The third-order valence-corrected chi connectivity index (χ3v) is 5.65. The number of hydrogen-bond donors (Lipinski definition) is 2. The SMILES string of the molecule is CS(=O)(=O)N(CC(=O)O)CC1CN(C(=O)c2cccc3cc[nH]c23)CCO1. The Morgan fingerprint density at radius 2 is 2.15 bits per heavy atom. The van der Waals surface area contributed by atoms with Gasteiger partial charge in [-0.3, -0.25) is 9.59 Å². The van der Waals surface area contributed by atoms with Gasteiger partial charge in [-0.2, -0.15) is 4.31 Å². The van der Waals surface area contributed by atoms with Gasteiger partial charge in [0, 0.05) is 31.2 Å². The van der Waals surface area contributed by atoms with E-state index in [1.807, 2.05) is 12.1 Å². The van der Waals surface area contributed by atoms with Crippen LogP contribution in [0.4, 0.5) is 0 Å². The zero-order chi connectivity index (χ0) is 19.6. The van der Waals surface area contributed by atoms with Crippen LogP contribution in [0.5, 0.6) is 0 Å². The number of nitrogens with one attached hydrogen (secondary N) is 1. The summed E-state index contributed by atoms with van der Waals surface area (Å²) < 4.78 is 30.1. The van der Waals surface area contributed by atoms with Crippen LogP contribution in [0.25, 0.3) is 10.9 Å². The normalized spacial score (nSPS) is 18.1. The highest BCUT2D eigenvalue weighted by molar-refractivity contribution is 7.88. The number of amides is 1. The summed E-state index contributed by atoms with van der Waals surface area (Å²) in [6.45, 7) is 0.0453. The monoisotopic (exact) mass is 395 g/mol. The lowest BCUT2D eigenvalue weighted by Crippen LogP contribution is -2.51. The van der Waals surface area contributed by atoms with Crippen LogP contribution in [0.1, 0.15) is 10.4 Å². The largest absolute Gasteiger partial charge is 0.480 e. The first-order chi connectivity index (χ1) is 12.8. The van der Waals surface area contributed by atoms with Crippen molar-refractivity contribution >= 4 is 32.8 Å². The van der Waals surface area contributed by atoms with Gasteiger partial charge in [0.25, 0.3) is 5.91 Å². The van der Waals surface area contributed by atoms with E-state index < -0.39 is 28.6 Å². The molecule has 1 atom stereocenters. The third-order valence-electron chi connectivity index (χ3n) is 4.43. The summed E-state index contributed by atoms with van der Waals surface area (Å²) in [6, 6.07) is 7.32. The Labute approximate surface area is 156 Å². The van der Waals surface area contributed by atoms with Crippen LogP contribution in [0.2, 0.25) is 0 Å². The maximum absolute atomic E-state index is 12.9. The molecule has 1 saturated heterocycles. The number of ether oxygens (including phenoxy) is 1. The van der Waals surface area contributed by atoms with Gasteiger partial charge in [-0.1, -0.05) is 12.1 Å². The van der Waals surface area contributed by atoms with Gasteiger partial charge in [-0.05, 0) is 12.1 Å². The topological polar surface area (TPSA) is 120 Å². The van der Waals surface area contributed by atoms with Crippen LogP contribution in [0.3, 0.4) is 0 Å². The van der Waals surface area contributed by atoms with E-state index in [0.29, 0.717) is 12.1 Å². The van der Waals surface area contributed by atoms with Gasteiger partial charge in [0.1, 0.15) is 6.54 Å². The van der Waals surface area contributed by atoms with Crippen LogP contribution < -0.4 is 0 Å². The average Bonchev–Trinajstić information content (AvgIpc) is 3.08. The number of para-hydroxylation sites is 1. The molecule has 1 fully saturated rings. The number of carboxylic acid groups (broad SMARTS) is 1. The van der Waals surface area contributed by atoms with Crippen molar-refractivity contribution < 1.29 is 27.9 Å². The number of morpholine rings is 1. The van der Waals surface area contributed by atoms with Crippen LogP contribution in [-0.4, -0.2) is 84.7 Å². The smallest absolute Gasteiger partial charge is 0.318 e. The Morgan fingerprint density at radius 1 is 1.37 bits per heavy atom. The number of hydrogen-bond acceptors (Lipinski definition) is 5. The minimum Gasteiger partial charge on any atom is -0.480 e. The molecule has 10 heteroatoms. The Hall–Kier alpha value is -2.43. The first-order valence-electron chi connectivity index (χ1n) is 8.39. The Kier molecular flexibility index (Phi) is 5.49. The van der Waals surface area contributed by atoms with E-state index in [4.69, 9.17) is 9.84 Å². The molecule has 9 nitrogen and oxygen atoms in total. The molecule has 1 unspecified atom stereocenters. The van der Waals surface area contributed by atoms with Gasteiger partial charge < -0.3 is 19.7 Å². The minimum atomic E-state index is -3.71. The van der Waals surface area contributed by atoms with Crippen molar-refractivity contribution in [3.05, 3.63) is 36.0 Å². The van der Waals surface area contributed by atoms with Crippen LogP contribution in [0, 0.1) is 0 Å². The lowest BCUT2D eigenvalue weighted by atomic mass is 10.1. The summed E-state index contributed by atoms with van der Waals surface area (Å²) in [5, 5.41) is 9.86. The molecule has 1 aromatic carbocycles. The molecule has 146 valence electrons. The fourth-order valence-electron chi connectivity index (χ4n) is 3.14. The molecule has 27 heavy (non-hydrogen) atoms. The zero-order valence-electron chi connectivity index (χ0n) is 14.8. The van der Waals surface area contributed by atoms with Crippen LogP contribution in [-0.2, 0) is 19.6 Å². The predicted molar refractivity (Wildman–Crippen MR) is 98.0 cm³/mol. The van der Waals surface area contributed by atoms with Crippen molar-refractivity contribution in [1.82, 2.24) is 14.2 Å². The lowest BCUT2D eigenvalue weighted by molar-refractivity contribution is -0.137. The van der Waals surface area contributed by atoms with Crippen molar-refractivity contribution in [2.45, 2.75) is 6.10 Å². The highest BCUT2D eigenvalue weighted by Crippen LogP contribution is 2.20. The number of nitrogens with zero attached hydrogens (tertiary/aromatic N) is 2. The molecule has 2 heterocycles. The number of sulfonamides is 1. The molecule has 1 aliphatic heterocycles. The summed E-state index contributed by atoms with van der Waals surface area (Å²) in [6.07, 6.45) is 2.12. The Balaban J connectivity index is 1.74. The Bertz CT molecular complexity index is 954. The predicted octanol–water partition coefficient (Wildman–Crippen LogP) is 0.355. The fraction of sp³-hybridized carbons (Fsp3) is 0.412. The number of carbonyl (C=O) groups is 2. The van der Waals surface area contributed by atoms with Crippen molar-refractivity contribution in [1.29, 1.82) is 0 Å². The molecule has 1 aliphatic rings. The number of aliphatic carboxylic acids is 1. The number of carbonyl (C=O) groups excluding carboxylic acids is 1. The number of fused-ring (bicyclic) bond motifs is 1. The number of H-pyrrole nitrogens is 1. The van der Waals surface area contributed by atoms with Gasteiger partial charge in [0.2, 0.25) is 10.0 Å². The summed E-state index contributed by atoms with van der Waals surface area (Å²) >= 11 is 0. The van der Waals surface area contributed by atoms with E-state index >= 15 is 0 Å². The van der Waals surface area contributed by atoms with Crippen molar-refractivity contribution in [3.8, 4) is 0 Å². The molecule has 0 radical (unpaired) electrons. The third kappa shape index (κ3) is 4.46. The molecule has 2 aromatic rings. The van der Waals surface area contributed by atoms with Gasteiger partial charge in [0.05, 0.1) is 30.0 Å². The summed E-state index contributed by atoms with van der Waals surface area (Å²) in [7, 11) is -3.71. The molecular formula is C17H21N3O6S. The second-order valence-electron chi connectivity index (χ2n) is 6.44. The van der Waals surface area contributed by atoms with Gasteiger partial charge >= 0.3 is 5.97 Å². The average molecular weight is 395 g/mol. The first kappa shape index (κ1) is 19.3. The van der Waals surface area contributed by atoms with Crippen molar-refractivity contribution in [3.63, 3.8) is 0 Å². The van der Waals surface area contributed by atoms with Gasteiger partial charge in [0.15, 0.2) is 0 Å². The molecule has 3 rings (SSSR count). The van der Waals surface area contributed by atoms with Crippen molar-refractivity contribution in [2.75, 3.05) is 39.0 Å². The van der Waals surface area contributed by atoms with E-state index in [1.54, 1.807) is 23.2 Å². The molecule has 0 bridgehead atoms. The second kappa shape index (κ2) is 7.67. The molecule has 0 aliphatic carbocycles. The summed E-state index contributed by atoms with van der Waals surface area (Å²) in [5.74, 6) is -1.43. The maximum atomic E-state index is 12.9. The summed E-state index contributed by atoms with van der Waals surface area (Å²) in [4.78, 5) is 28.5. The number of aromatic nitrogens is 1. The van der Waals surface area contributed by atoms with Crippen LogP contribution >= 0.6 is 0 Å². The number of rotatable bonds is 6. The quantitative estimate of drug-likeness (QED) is 0.729. The Morgan fingerprint density at radius 3 is 2.85 bits per heavy atom. The standard InChI is InChI=1S/C17H21N3O6S/c1-27(24,25)20(11-15(21)22)10-13-9-19(7-8-26-13)17(23)14-4-2-3-12-5-6-18-16(12)14/h2-6,13,18H,7-11H2,1H3,(H,21,22). The van der Waals surface area contributed by atoms with Gasteiger partial charge in [-0.25, -0.2) is 8.42 Å². The van der Waals surface area contributed by atoms with E-state index in [2.05, 4.69) is 4.98 Å². The zero-order valence-corrected chi connectivity index (χ0v) is 15.6. The van der Waals surface area contributed by atoms with E-state index in [1.165, 1.54) is 0 Å². The molecule has 2 N–H and O–H groups in total. The molecule has 1 aromatic heterocycles. The summed E-state index contributed by atoms with van der Waals surface area (Å²) in [5.41, 5.74) is 1.28. The number of benzene rings is 1. The maximum Gasteiger partial charge on any atom is 0.318 e. The van der Waals surface area contributed by atoms with E-state index in [-0.39, 0.29) is 25.6 Å². The van der Waals surface area contributed by atoms with Gasteiger partial charge in [-0.15, -0.1) is 0 Å². The lowest BCUT2D eigenvalue weighted by Gasteiger charge is -2.35. The van der Waals surface area contributed by atoms with E-state index in [0.717, 1.165) is 21.5 Å². The molecular weight excluding hydrogens is 374 g/mol. The first-order valence-corrected chi connectivity index (χ1v) is 10.2. The fourth-order valence-corrected chi connectivity index (χ4v) is 3.92. The molecule has 0 spiro atoms. The molecule has 0 saturated carbocycles. The van der Waals surface area contributed by atoms with Crippen LogP contribution in [0.15, 0.2) is 30.5 Å². The van der Waals surface area contributed by atoms with Crippen molar-refractivity contribution in [2.24, 2.45) is 0 Å². The molecule has 1 amide bonds. The van der Waals surface area contributed by atoms with E-state index in [9.17, 15) is 18.0 Å². The second-order valence-corrected chi connectivity index (χ2v) is 8.42. The highest BCUT2D eigenvalue weighted by atomic mass is 32.2. The number of aromatic amines is 1. The minimum absolute atomic E-state index is 0.123.